The zero-order valence-electron chi connectivity index (χ0n) is 13.1. The van der Waals surface area contributed by atoms with Gasteiger partial charge in [-0.3, -0.25) is 9.59 Å². The van der Waals surface area contributed by atoms with Gasteiger partial charge >= 0.3 is 0 Å². The molecule has 0 bridgehead atoms. The van der Waals surface area contributed by atoms with Crippen LogP contribution in [-0.4, -0.2) is 23.6 Å². The highest BCUT2D eigenvalue weighted by atomic mass is 32.2. The molecule has 4 nitrogen and oxygen atoms in total. The molecule has 2 amide bonds. The van der Waals surface area contributed by atoms with Crippen molar-refractivity contribution in [2.45, 2.75) is 24.8 Å². The average Bonchev–Trinajstić information content (AvgIpc) is 2.54. The van der Waals surface area contributed by atoms with Crippen LogP contribution >= 0.6 is 11.8 Å². The number of nitrogens with zero attached hydrogens (tertiary/aromatic N) is 1. The SMILES string of the molecule is CC(=O)Nc1ccc(C(=O)N2c3ccccc3SCC2C)cc1. The summed E-state index contributed by atoms with van der Waals surface area (Å²) in [6.45, 7) is 3.52. The summed E-state index contributed by atoms with van der Waals surface area (Å²) in [6, 6.07) is 15.1. The van der Waals surface area contributed by atoms with Crippen molar-refractivity contribution >= 4 is 35.0 Å². The van der Waals surface area contributed by atoms with Crippen molar-refractivity contribution in [1.82, 2.24) is 0 Å². The van der Waals surface area contributed by atoms with Crippen LogP contribution in [0.5, 0.6) is 0 Å². The van der Waals surface area contributed by atoms with Gasteiger partial charge < -0.3 is 10.2 Å². The van der Waals surface area contributed by atoms with Crippen molar-refractivity contribution in [2.24, 2.45) is 0 Å². The van der Waals surface area contributed by atoms with Gasteiger partial charge in [-0.15, -0.1) is 11.8 Å². The van der Waals surface area contributed by atoms with Crippen molar-refractivity contribution < 1.29 is 9.59 Å². The first-order valence-corrected chi connectivity index (χ1v) is 8.48. The number of rotatable bonds is 2. The predicted octanol–water partition coefficient (Wildman–Crippen LogP) is 3.79. The van der Waals surface area contributed by atoms with Crippen molar-refractivity contribution in [3.8, 4) is 0 Å². The van der Waals surface area contributed by atoms with Gasteiger partial charge in [0.25, 0.3) is 5.91 Å². The Morgan fingerprint density at radius 3 is 2.52 bits per heavy atom. The normalized spacial score (nSPS) is 16.6. The number of anilines is 2. The zero-order valence-corrected chi connectivity index (χ0v) is 13.9. The first-order chi connectivity index (χ1) is 11.1. The fraction of sp³-hybridized carbons (Fsp3) is 0.222. The van der Waals surface area contributed by atoms with E-state index >= 15 is 0 Å². The number of benzene rings is 2. The topological polar surface area (TPSA) is 49.4 Å². The zero-order chi connectivity index (χ0) is 16.4. The van der Waals surface area contributed by atoms with Crippen molar-refractivity contribution in [3.05, 3.63) is 54.1 Å². The number of para-hydroxylation sites is 1. The molecule has 2 aromatic carbocycles. The van der Waals surface area contributed by atoms with E-state index in [2.05, 4.69) is 12.2 Å². The van der Waals surface area contributed by atoms with E-state index < -0.39 is 0 Å². The molecular weight excluding hydrogens is 308 g/mol. The second-order valence-corrected chi connectivity index (χ2v) is 6.62. The quantitative estimate of drug-likeness (QED) is 0.913. The highest BCUT2D eigenvalue weighted by molar-refractivity contribution is 7.99. The summed E-state index contributed by atoms with van der Waals surface area (Å²) in [5, 5.41) is 2.71. The van der Waals surface area contributed by atoms with Crippen LogP contribution in [0.1, 0.15) is 24.2 Å². The Hall–Kier alpha value is -2.27. The Kier molecular flexibility index (Phi) is 4.39. The molecule has 1 aliphatic rings. The van der Waals surface area contributed by atoms with E-state index in [1.165, 1.54) is 6.92 Å². The maximum absolute atomic E-state index is 12.9. The smallest absolute Gasteiger partial charge is 0.258 e. The highest BCUT2D eigenvalue weighted by Gasteiger charge is 2.29. The predicted molar refractivity (Wildman–Crippen MR) is 94.2 cm³/mol. The molecule has 118 valence electrons. The van der Waals surface area contributed by atoms with Crippen LogP contribution in [0.3, 0.4) is 0 Å². The molecule has 0 aliphatic carbocycles. The number of thioether (sulfide) groups is 1. The first kappa shape index (κ1) is 15.6. The van der Waals surface area contributed by atoms with Gasteiger partial charge in [-0.05, 0) is 43.3 Å². The van der Waals surface area contributed by atoms with Crippen LogP contribution < -0.4 is 10.2 Å². The number of fused-ring (bicyclic) bond motifs is 1. The summed E-state index contributed by atoms with van der Waals surface area (Å²) in [6.07, 6.45) is 0. The Morgan fingerprint density at radius 1 is 1.13 bits per heavy atom. The standard InChI is InChI=1S/C18H18N2O2S/c1-12-11-23-17-6-4-3-5-16(17)20(12)18(22)14-7-9-15(10-8-14)19-13(2)21/h3-10,12H,11H2,1-2H3,(H,19,21). The third-order valence-electron chi connectivity index (χ3n) is 3.72. The van der Waals surface area contributed by atoms with E-state index in [1.807, 2.05) is 29.2 Å². The van der Waals surface area contributed by atoms with E-state index in [0.29, 0.717) is 11.3 Å². The fourth-order valence-corrected chi connectivity index (χ4v) is 3.71. The largest absolute Gasteiger partial charge is 0.326 e. The molecule has 1 atom stereocenters. The lowest BCUT2D eigenvalue weighted by Gasteiger charge is -2.34. The summed E-state index contributed by atoms with van der Waals surface area (Å²) in [7, 11) is 0. The van der Waals surface area contributed by atoms with Gasteiger partial charge in [-0.2, -0.15) is 0 Å². The minimum atomic E-state index is -0.125. The van der Waals surface area contributed by atoms with Crippen molar-refractivity contribution in [2.75, 3.05) is 16.0 Å². The molecule has 0 spiro atoms. The van der Waals surface area contributed by atoms with Crippen molar-refractivity contribution in [1.29, 1.82) is 0 Å². The maximum Gasteiger partial charge on any atom is 0.258 e. The monoisotopic (exact) mass is 326 g/mol. The van der Waals surface area contributed by atoms with E-state index in [-0.39, 0.29) is 17.9 Å². The summed E-state index contributed by atoms with van der Waals surface area (Å²) >= 11 is 1.78. The van der Waals surface area contributed by atoms with Gasteiger partial charge in [0.05, 0.1) is 5.69 Å². The van der Waals surface area contributed by atoms with E-state index in [0.717, 1.165) is 16.3 Å². The van der Waals surface area contributed by atoms with Gasteiger partial charge in [-0.1, -0.05) is 12.1 Å². The van der Waals surface area contributed by atoms with Crippen molar-refractivity contribution in [3.63, 3.8) is 0 Å². The number of hydrogen-bond donors (Lipinski definition) is 1. The number of nitrogens with one attached hydrogen (secondary N) is 1. The second-order valence-electron chi connectivity index (χ2n) is 5.56. The summed E-state index contributed by atoms with van der Waals surface area (Å²) < 4.78 is 0. The minimum Gasteiger partial charge on any atom is -0.326 e. The van der Waals surface area contributed by atoms with Crippen LogP contribution in [0.4, 0.5) is 11.4 Å². The van der Waals surface area contributed by atoms with Crippen LogP contribution in [0.2, 0.25) is 0 Å². The molecule has 0 fully saturated rings. The van der Waals surface area contributed by atoms with Crippen LogP contribution in [-0.2, 0) is 4.79 Å². The molecule has 0 saturated heterocycles. The second kappa shape index (κ2) is 6.46. The third-order valence-corrected chi connectivity index (χ3v) is 5.02. The first-order valence-electron chi connectivity index (χ1n) is 7.49. The summed E-state index contributed by atoms with van der Waals surface area (Å²) in [4.78, 5) is 27.0. The summed E-state index contributed by atoms with van der Waals surface area (Å²) in [5.74, 6) is 0.742. The van der Waals surface area contributed by atoms with Gasteiger partial charge in [0, 0.05) is 34.9 Å². The molecule has 5 heteroatoms. The van der Waals surface area contributed by atoms with Crippen LogP contribution in [0, 0.1) is 0 Å². The molecule has 3 rings (SSSR count). The number of carbonyl (C=O) groups excluding carboxylic acids is 2. The molecule has 1 unspecified atom stereocenters. The Morgan fingerprint density at radius 2 is 1.83 bits per heavy atom. The number of hydrogen-bond acceptors (Lipinski definition) is 3. The lowest BCUT2D eigenvalue weighted by Crippen LogP contribution is -2.42. The van der Waals surface area contributed by atoms with E-state index in [1.54, 1.807) is 36.0 Å². The van der Waals surface area contributed by atoms with Crippen LogP contribution in [0.15, 0.2) is 53.4 Å². The number of amides is 2. The molecule has 0 radical (unpaired) electrons. The van der Waals surface area contributed by atoms with E-state index in [4.69, 9.17) is 0 Å². The molecule has 0 aromatic heterocycles. The van der Waals surface area contributed by atoms with Gasteiger partial charge in [-0.25, -0.2) is 0 Å². The van der Waals surface area contributed by atoms with Gasteiger partial charge in [0.15, 0.2) is 0 Å². The molecule has 1 heterocycles. The third kappa shape index (κ3) is 3.24. The molecular formula is C18H18N2O2S. The minimum absolute atomic E-state index is 0.0142. The molecule has 1 N–H and O–H groups in total. The lowest BCUT2D eigenvalue weighted by atomic mass is 10.1. The average molecular weight is 326 g/mol. The molecule has 0 saturated carbocycles. The maximum atomic E-state index is 12.9. The highest BCUT2D eigenvalue weighted by Crippen LogP contribution is 2.37. The molecule has 1 aliphatic heterocycles. The molecule has 2 aromatic rings. The number of carbonyl (C=O) groups is 2. The summed E-state index contributed by atoms with van der Waals surface area (Å²) in [5.41, 5.74) is 2.27. The van der Waals surface area contributed by atoms with E-state index in [9.17, 15) is 9.59 Å². The van der Waals surface area contributed by atoms with Gasteiger partial charge in [0.2, 0.25) is 5.91 Å². The van der Waals surface area contributed by atoms with Crippen LogP contribution in [0.25, 0.3) is 0 Å². The Labute approximate surface area is 139 Å². The molecule has 23 heavy (non-hydrogen) atoms. The lowest BCUT2D eigenvalue weighted by molar-refractivity contribution is -0.114. The Bertz CT molecular complexity index is 743. The van der Waals surface area contributed by atoms with Gasteiger partial charge in [0.1, 0.15) is 0 Å². The fourth-order valence-electron chi connectivity index (χ4n) is 2.65. The Balaban J connectivity index is 1.89.